The lowest BCUT2D eigenvalue weighted by atomic mass is 10.1. The van der Waals surface area contributed by atoms with Crippen LogP contribution in [-0.2, 0) is 10.0 Å². The Kier molecular flexibility index (Phi) is 5.59. The van der Waals surface area contributed by atoms with E-state index in [1.807, 2.05) is 26.8 Å². The highest BCUT2D eigenvalue weighted by Gasteiger charge is 2.27. The van der Waals surface area contributed by atoms with Crippen molar-refractivity contribution in [2.75, 3.05) is 18.8 Å². The largest absolute Gasteiger partial charge is 0.398 e. The summed E-state index contributed by atoms with van der Waals surface area (Å²) < 4.78 is 27.2. The Bertz CT molecular complexity index is 580. The molecule has 0 saturated heterocycles. The first-order valence-electron chi connectivity index (χ1n) is 7.13. The number of unbranched alkanes of at least 4 members (excludes halogenated alkanes) is 1. The first-order valence-corrected chi connectivity index (χ1v) is 8.57. The lowest BCUT2D eigenvalue weighted by Crippen LogP contribution is -2.33. The Balaban J connectivity index is 3.38. The van der Waals surface area contributed by atoms with Crippen LogP contribution >= 0.6 is 0 Å². The Morgan fingerprint density at radius 1 is 1.15 bits per heavy atom. The average Bonchev–Trinajstić information content (AvgIpc) is 2.36. The molecule has 0 fully saturated rings. The molecule has 4 nitrogen and oxygen atoms in total. The van der Waals surface area contributed by atoms with Crippen molar-refractivity contribution in [3.63, 3.8) is 0 Å². The van der Waals surface area contributed by atoms with Crippen LogP contribution in [0.15, 0.2) is 11.0 Å². The third-order valence-electron chi connectivity index (χ3n) is 3.67. The smallest absolute Gasteiger partial charge is 0.243 e. The predicted molar refractivity (Wildman–Crippen MR) is 84.4 cm³/mol. The van der Waals surface area contributed by atoms with Gasteiger partial charge >= 0.3 is 0 Å². The first-order chi connectivity index (χ1) is 9.27. The van der Waals surface area contributed by atoms with Crippen molar-refractivity contribution in [1.29, 1.82) is 0 Å². The SMILES string of the molecule is CCCCN(CC)S(=O)(=O)c1c(C)cc(C)c(N)c1C. The monoisotopic (exact) mass is 298 g/mol. The number of sulfonamides is 1. The minimum absolute atomic E-state index is 0.374. The zero-order chi connectivity index (χ0) is 15.5. The van der Waals surface area contributed by atoms with Crippen LogP contribution in [0.3, 0.4) is 0 Å². The van der Waals surface area contributed by atoms with Gasteiger partial charge in [0.2, 0.25) is 10.0 Å². The summed E-state index contributed by atoms with van der Waals surface area (Å²) in [5.41, 5.74) is 8.94. The number of hydrogen-bond donors (Lipinski definition) is 1. The lowest BCUT2D eigenvalue weighted by Gasteiger charge is -2.23. The highest BCUT2D eigenvalue weighted by Crippen LogP contribution is 2.30. The van der Waals surface area contributed by atoms with Crippen LogP contribution in [0.5, 0.6) is 0 Å². The fraction of sp³-hybridized carbons (Fsp3) is 0.600. The molecule has 0 saturated carbocycles. The van der Waals surface area contributed by atoms with Gasteiger partial charge in [0.25, 0.3) is 0 Å². The van der Waals surface area contributed by atoms with Gasteiger partial charge in [-0.1, -0.05) is 26.3 Å². The quantitative estimate of drug-likeness (QED) is 0.821. The summed E-state index contributed by atoms with van der Waals surface area (Å²) in [6, 6.07) is 1.85. The fourth-order valence-electron chi connectivity index (χ4n) is 2.49. The topological polar surface area (TPSA) is 63.4 Å². The molecule has 5 heteroatoms. The maximum atomic E-state index is 12.8. The van der Waals surface area contributed by atoms with E-state index in [2.05, 4.69) is 6.92 Å². The number of aryl methyl sites for hydroxylation is 2. The van der Waals surface area contributed by atoms with Crippen LogP contribution in [-0.4, -0.2) is 25.8 Å². The lowest BCUT2D eigenvalue weighted by molar-refractivity contribution is 0.418. The van der Waals surface area contributed by atoms with Gasteiger partial charge < -0.3 is 5.73 Å². The van der Waals surface area contributed by atoms with Gasteiger partial charge in [-0.15, -0.1) is 0 Å². The van der Waals surface area contributed by atoms with Gasteiger partial charge in [0.05, 0.1) is 4.90 Å². The molecule has 0 spiro atoms. The highest BCUT2D eigenvalue weighted by molar-refractivity contribution is 7.89. The number of nitrogens with zero attached hydrogens (tertiary/aromatic N) is 1. The summed E-state index contributed by atoms with van der Waals surface area (Å²) in [6.07, 6.45) is 1.84. The molecule has 0 unspecified atom stereocenters. The van der Waals surface area contributed by atoms with Gasteiger partial charge in [-0.2, -0.15) is 4.31 Å². The molecule has 0 amide bonds. The third-order valence-corrected chi connectivity index (χ3v) is 5.94. The van der Waals surface area contributed by atoms with Gasteiger partial charge in [0, 0.05) is 18.8 Å². The van der Waals surface area contributed by atoms with Crippen molar-refractivity contribution in [2.45, 2.75) is 52.4 Å². The van der Waals surface area contributed by atoms with E-state index in [1.54, 1.807) is 11.2 Å². The fourth-order valence-corrected chi connectivity index (χ4v) is 4.42. The third kappa shape index (κ3) is 3.15. The van der Waals surface area contributed by atoms with Crippen LogP contribution < -0.4 is 5.73 Å². The normalized spacial score (nSPS) is 12.1. The molecule has 1 aromatic rings. The molecule has 1 rings (SSSR count). The Hall–Kier alpha value is -1.07. The molecule has 1 aromatic carbocycles. The van der Waals surface area contributed by atoms with Gasteiger partial charge in [-0.05, 0) is 43.9 Å². The summed E-state index contributed by atoms with van der Waals surface area (Å²) in [7, 11) is -3.47. The molecule has 0 radical (unpaired) electrons. The van der Waals surface area contributed by atoms with E-state index in [-0.39, 0.29) is 0 Å². The molecule has 114 valence electrons. The van der Waals surface area contributed by atoms with E-state index in [0.717, 1.165) is 24.0 Å². The maximum absolute atomic E-state index is 12.8. The van der Waals surface area contributed by atoms with Crippen molar-refractivity contribution in [2.24, 2.45) is 0 Å². The van der Waals surface area contributed by atoms with E-state index >= 15 is 0 Å². The first kappa shape index (κ1) is 17.0. The standard InChI is InChI=1S/C15H26N2O2S/c1-6-8-9-17(7-2)20(18,19)15-12(4)10-11(3)14(16)13(15)5/h10H,6-9,16H2,1-5H3. The second-order valence-electron chi connectivity index (χ2n) is 5.23. The minimum Gasteiger partial charge on any atom is -0.398 e. The van der Waals surface area contributed by atoms with Gasteiger partial charge in [0.15, 0.2) is 0 Å². The molecule has 0 aliphatic rings. The molecule has 0 bridgehead atoms. The number of rotatable bonds is 6. The van der Waals surface area contributed by atoms with Gasteiger partial charge in [-0.25, -0.2) is 8.42 Å². The van der Waals surface area contributed by atoms with Crippen LogP contribution in [0.4, 0.5) is 5.69 Å². The maximum Gasteiger partial charge on any atom is 0.243 e. The van der Waals surface area contributed by atoms with Gasteiger partial charge in [-0.3, -0.25) is 0 Å². The predicted octanol–water partition coefficient (Wildman–Crippen LogP) is 3.00. The number of nitrogen functional groups attached to an aromatic ring is 1. The van der Waals surface area contributed by atoms with Crippen LogP contribution in [0, 0.1) is 20.8 Å². The molecule has 0 heterocycles. The average molecular weight is 298 g/mol. The Labute approximate surface area is 123 Å². The molecule has 0 aliphatic heterocycles. The number of benzene rings is 1. The van der Waals surface area contributed by atoms with Gasteiger partial charge in [0.1, 0.15) is 0 Å². The molecule has 0 atom stereocenters. The van der Waals surface area contributed by atoms with Crippen molar-refractivity contribution in [1.82, 2.24) is 4.31 Å². The van der Waals surface area contributed by atoms with E-state index in [1.165, 1.54) is 0 Å². The minimum atomic E-state index is -3.47. The van der Waals surface area contributed by atoms with E-state index < -0.39 is 10.0 Å². The second-order valence-corrected chi connectivity index (χ2v) is 7.10. The summed E-state index contributed by atoms with van der Waals surface area (Å²) in [4.78, 5) is 0.374. The summed E-state index contributed by atoms with van der Waals surface area (Å²) in [6.45, 7) is 10.5. The number of hydrogen-bond acceptors (Lipinski definition) is 3. The van der Waals surface area contributed by atoms with Crippen LogP contribution in [0.2, 0.25) is 0 Å². The van der Waals surface area contributed by atoms with Crippen LogP contribution in [0.25, 0.3) is 0 Å². The molecular formula is C15H26N2O2S. The van der Waals surface area contributed by atoms with Crippen molar-refractivity contribution in [3.8, 4) is 0 Å². The zero-order valence-corrected chi connectivity index (χ0v) is 14.0. The molecule has 2 N–H and O–H groups in total. The van der Waals surface area contributed by atoms with Crippen LogP contribution in [0.1, 0.15) is 43.4 Å². The summed E-state index contributed by atoms with van der Waals surface area (Å²) in [5.74, 6) is 0. The second kappa shape index (κ2) is 6.59. The highest BCUT2D eigenvalue weighted by atomic mass is 32.2. The molecule has 0 aliphatic carbocycles. The number of anilines is 1. The van der Waals surface area contributed by atoms with E-state index in [9.17, 15) is 8.42 Å². The Morgan fingerprint density at radius 3 is 2.25 bits per heavy atom. The number of nitrogens with two attached hydrogens (primary N) is 1. The molecular weight excluding hydrogens is 272 g/mol. The van der Waals surface area contributed by atoms with Crippen molar-refractivity contribution in [3.05, 3.63) is 22.8 Å². The summed E-state index contributed by atoms with van der Waals surface area (Å²) >= 11 is 0. The molecule has 0 aromatic heterocycles. The van der Waals surface area contributed by atoms with E-state index in [0.29, 0.717) is 29.2 Å². The Morgan fingerprint density at radius 2 is 1.75 bits per heavy atom. The van der Waals surface area contributed by atoms with Crippen molar-refractivity contribution < 1.29 is 8.42 Å². The van der Waals surface area contributed by atoms with E-state index in [4.69, 9.17) is 5.73 Å². The molecule has 20 heavy (non-hydrogen) atoms. The van der Waals surface area contributed by atoms with Crippen molar-refractivity contribution >= 4 is 15.7 Å². The summed E-state index contributed by atoms with van der Waals surface area (Å²) in [5, 5.41) is 0. The zero-order valence-electron chi connectivity index (χ0n) is 13.2.